The van der Waals surface area contributed by atoms with Crippen molar-refractivity contribution >= 4 is 0 Å². The van der Waals surface area contributed by atoms with E-state index >= 15 is 0 Å². The highest BCUT2D eigenvalue weighted by Gasteiger charge is 2.43. The highest BCUT2D eigenvalue weighted by molar-refractivity contribution is 5.66. The molecule has 0 bridgehead atoms. The van der Waals surface area contributed by atoms with Crippen LogP contribution in [0.5, 0.6) is 23.0 Å². The number of alkyl halides is 10. The fraction of sp³-hybridized carbons (Fsp3) is 0.250. The standard InChI is InChI=1S/C24H16F8O2.C24H17F7O2/c25-18-12-17(8-9-21(18)34-24(30,31)32)33-23(28,29)22-19(26)10-16(11-20(22)27)15-6-4-14(5-7-15)13-2-1-3-13;25-20-12-17(16-6-4-15(5-7-16)14-2-1-3-14)13-21(26)22(20)23(27,28)32-18-8-10-19(11-9-18)33-24(29,30)31/h4-13H,1-3H2;4-14H,1-3H2. The molecule has 6 aromatic rings. The molecule has 0 atom stereocenters. The van der Waals surface area contributed by atoms with Crippen LogP contribution in [0.1, 0.15) is 72.6 Å². The van der Waals surface area contributed by atoms with Crippen molar-refractivity contribution in [3.05, 3.63) is 167 Å². The molecule has 0 N–H and O–H groups in total. The summed E-state index contributed by atoms with van der Waals surface area (Å²) in [5, 5.41) is 0. The normalized spacial score (nSPS) is 14.6. The molecule has 2 fully saturated rings. The van der Waals surface area contributed by atoms with Gasteiger partial charge >= 0.3 is 24.9 Å². The fourth-order valence-corrected chi connectivity index (χ4v) is 7.27. The van der Waals surface area contributed by atoms with Gasteiger partial charge < -0.3 is 18.9 Å². The molecule has 0 radical (unpaired) electrons. The van der Waals surface area contributed by atoms with Crippen LogP contribution in [0.2, 0.25) is 0 Å². The first-order chi connectivity index (χ1) is 31.4. The summed E-state index contributed by atoms with van der Waals surface area (Å²) < 4.78 is 219. The largest absolute Gasteiger partial charge is 0.573 e. The molecule has 0 heterocycles. The second-order valence-corrected chi connectivity index (χ2v) is 15.5. The van der Waals surface area contributed by atoms with Crippen LogP contribution < -0.4 is 18.9 Å². The average Bonchev–Trinajstić information content (AvgIpc) is 3.17. The topological polar surface area (TPSA) is 36.9 Å². The second kappa shape index (κ2) is 19.0. The predicted molar refractivity (Wildman–Crippen MR) is 212 cm³/mol. The molecule has 8 rings (SSSR count). The number of ether oxygens (including phenoxy) is 4. The highest BCUT2D eigenvalue weighted by atomic mass is 19.4. The van der Waals surface area contributed by atoms with Crippen LogP contribution in [0.15, 0.2) is 115 Å². The van der Waals surface area contributed by atoms with Gasteiger partial charge in [-0.3, -0.25) is 0 Å². The first-order valence-corrected chi connectivity index (χ1v) is 20.2. The van der Waals surface area contributed by atoms with Crippen LogP contribution in [0.3, 0.4) is 0 Å². The molecule has 67 heavy (non-hydrogen) atoms. The van der Waals surface area contributed by atoms with E-state index in [2.05, 4.69) is 18.9 Å². The van der Waals surface area contributed by atoms with E-state index < -0.39 is 88.2 Å². The third-order valence-electron chi connectivity index (χ3n) is 11.0. The number of hydrogen-bond acceptors (Lipinski definition) is 4. The van der Waals surface area contributed by atoms with Gasteiger partial charge in [-0.2, -0.15) is 17.6 Å². The molecule has 354 valence electrons. The third-order valence-corrected chi connectivity index (χ3v) is 11.0. The molecule has 2 saturated carbocycles. The Hall–Kier alpha value is -6.53. The monoisotopic (exact) mass is 958 g/mol. The lowest BCUT2D eigenvalue weighted by atomic mass is 9.80. The molecular formula is C48H33F15O4. The van der Waals surface area contributed by atoms with Gasteiger partial charge in [0.15, 0.2) is 11.6 Å². The molecular weight excluding hydrogens is 925 g/mol. The Labute approximate surface area is 371 Å². The molecule has 0 unspecified atom stereocenters. The molecule has 4 nitrogen and oxygen atoms in total. The highest BCUT2D eigenvalue weighted by Crippen LogP contribution is 2.42. The zero-order valence-corrected chi connectivity index (χ0v) is 34.2. The molecule has 6 aromatic carbocycles. The Kier molecular flexibility index (Phi) is 13.7. The first-order valence-electron chi connectivity index (χ1n) is 20.2. The SMILES string of the molecule is Fc1cc(-c2ccc(C3CCC3)cc2)cc(F)c1C(F)(F)Oc1ccc(OC(F)(F)F)cc1.Fc1cc(OC(F)(F)c2c(F)cc(-c3ccc(C4CCC4)cc3)cc2F)ccc1OC(F)(F)F. The minimum atomic E-state index is -5.21. The summed E-state index contributed by atoms with van der Waals surface area (Å²) in [5.74, 6) is -10.5. The van der Waals surface area contributed by atoms with Gasteiger partial charge in [0.05, 0.1) is 0 Å². The molecule has 0 aliphatic heterocycles. The number of rotatable bonds is 12. The zero-order valence-electron chi connectivity index (χ0n) is 34.2. The van der Waals surface area contributed by atoms with Crippen molar-refractivity contribution in [3.8, 4) is 45.3 Å². The van der Waals surface area contributed by atoms with E-state index in [9.17, 15) is 65.9 Å². The van der Waals surface area contributed by atoms with Crippen LogP contribution in [0.4, 0.5) is 65.9 Å². The lowest BCUT2D eigenvalue weighted by Gasteiger charge is -2.25. The average molecular weight is 959 g/mol. The fourth-order valence-electron chi connectivity index (χ4n) is 7.27. The van der Waals surface area contributed by atoms with Gasteiger partial charge in [-0.25, -0.2) is 22.0 Å². The summed E-state index contributed by atoms with van der Waals surface area (Å²) in [6.07, 6.45) is -12.6. The van der Waals surface area contributed by atoms with Gasteiger partial charge in [0.2, 0.25) is 0 Å². The Morgan fingerprint density at radius 2 is 0.687 bits per heavy atom. The minimum absolute atomic E-state index is 0.0226. The van der Waals surface area contributed by atoms with E-state index in [1.165, 1.54) is 0 Å². The van der Waals surface area contributed by atoms with Gasteiger partial charge in [-0.05, 0) is 132 Å². The minimum Gasteiger partial charge on any atom is -0.429 e. The predicted octanol–water partition coefficient (Wildman–Crippen LogP) is 16.0. The van der Waals surface area contributed by atoms with Gasteiger partial charge in [0, 0.05) is 6.07 Å². The second-order valence-electron chi connectivity index (χ2n) is 15.5. The maximum absolute atomic E-state index is 14.6. The lowest BCUT2D eigenvalue weighted by Crippen LogP contribution is -2.25. The Morgan fingerprint density at radius 3 is 1.01 bits per heavy atom. The smallest absolute Gasteiger partial charge is 0.429 e. The Morgan fingerprint density at radius 1 is 0.343 bits per heavy atom. The van der Waals surface area contributed by atoms with Crippen molar-refractivity contribution in [2.24, 2.45) is 0 Å². The van der Waals surface area contributed by atoms with E-state index in [0.717, 1.165) is 98.2 Å². The van der Waals surface area contributed by atoms with Crippen LogP contribution in [-0.4, -0.2) is 12.7 Å². The third kappa shape index (κ3) is 11.9. The van der Waals surface area contributed by atoms with Crippen molar-refractivity contribution in [2.75, 3.05) is 0 Å². The van der Waals surface area contributed by atoms with Crippen LogP contribution in [0, 0.1) is 29.1 Å². The van der Waals surface area contributed by atoms with Crippen LogP contribution in [-0.2, 0) is 12.2 Å². The van der Waals surface area contributed by atoms with Gasteiger partial charge in [-0.15, -0.1) is 26.3 Å². The van der Waals surface area contributed by atoms with Crippen molar-refractivity contribution in [1.82, 2.24) is 0 Å². The number of hydrogen-bond donors (Lipinski definition) is 0. The summed E-state index contributed by atoms with van der Waals surface area (Å²) in [6.45, 7) is 0. The van der Waals surface area contributed by atoms with Crippen LogP contribution >= 0.6 is 0 Å². The Bertz CT molecular complexity index is 2630. The maximum Gasteiger partial charge on any atom is 0.573 e. The Balaban J connectivity index is 0.000000199. The number of benzene rings is 6. The van der Waals surface area contributed by atoms with Crippen molar-refractivity contribution in [3.63, 3.8) is 0 Å². The van der Waals surface area contributed by atoms with Crippen LogP contribution in [0.25, 0.3) is 22.3 Å². The van der Waals surface area contributed by atoms with Gasteiger partial charge in [0.1, 0.15) is 51.6 Å². The first kappa shape index (κ1) is 48.4. The van der Waals surface area contributed by atoms with Crippen molar-refractivity contribution < 1.29 is 84.8 Å². The lowest BCUT2D eigenvalue weighted by molar-refractivity contribution is -0.276. The number of halogens is 15. The van der Waals surface area contributed by atoms with E-state index in [-0.39, 0.29) is 17.2 Å². The summed E-state index contributed by atoms with van der Waals surface area (Å²) in [6, 6.07) is 21.1. The van der Waals surface area contributed by atoms with Crippen molar-refractivity contribution in [1.29, 1.82) is 0 Å². The quantitative estimate of drug-likeness (QED) is 0.115. The molecule has 0 spiro atoms. The molecule has 0 aromatic heterocycles. The maximum atomic E-state index is 14.6. The van der Waals surface area contributed by atoms with E-state index in [4.69, 9.17) is 0 Å². The van der Waals surface area contributed by atoms with Crippen molar-refractivity contribution in [2.45, 2.75) is 75.3 Å². The summed E-state index contributed by atoms with van der Waals surface area (Å²) in [5.41, 5.74) is -0.134. The molecule has 0 saturated heterocycles. The summed E-state index contributed by atoms with van der Waals surface area (Å²) in [7, 11) is 0. The van der Waals surface area contributed by atoms with Gasteiger partial charge in [-0.1, -0.05) is 61.4 Å². The molecule has 2 aliphatic carbocycles. The van der Waals surface area contributed by atoms with E-state index in [1.807, 2.05) is 24.3 Å². The summed E-state index contributed by atoms with van der Waals surface area (Å²) in [4.78, 5) is 0. The van der Waals surface area contributed by atoms with E-state index in [1.54, 1.807) is 24.3 Å². The summed E-state index contributed by atoms with van der Waals surface area (Å²) >= 11 is 0. The molecule has 2 aliphatic rings. The molecule has 0 amide bonds. The zero-order chi connectivity index (χ0) is 48.5. The molecule has 19 heteroatoms. The van der Waals surface area contributed by atoms with Gasteiger partial charge in [0.25, 0.3) is 0 Å². The van der Waals surface area contributed by atoms with E-state index in [0.29, 0.717) is 35.1 Å².